The fourth-order valence-corrected chi connectivity index (χ4v) is 3.29. The minimum atomic E-state index is -0.515. The molecule has 0 amide bonds. The lowest BCUT2D eigenvalue weighted by atomic mass is 9.96. The molecule has 2 aromatic carbocycles. The van der Waals surface area contributed by atoms with Crippen LogP contribution in [0.5, 0.6) is 0 Å². The zero-order valence-electron chi connectivity index (χ0n) is 12.6. The van der Waals surface area contributed by atoms with Gasteiger partial charge in [-0.15, -0.1) is 0 Å². The molecule has 6 heteroatoms. The Labute approximate surface area is 137 Å². The van der Waals surface area contributed by atoms with Gasteiger partial charge in [0.15, 0.2) is 5.78 Å². The molecule has 0 aliphatic carbocycles. The summed E-state index contributed by atoms with van der Waals surface area (Å²) in [5, 5.41) is 11.2. The van der Waals surface area contributed by atoms with Crippen LogP contribution in [0.3, 0.4) is 0 Å². The van der Waals surface area contributed by atoms with E-state index in [-0.39, 0.29) is 29.5 Å². The number of aromatic nitrogens is 2. The van der Waals surface area contributed by atoms with Crippen molar-refractivity contribution in [2.75, 3.05) is 0 Å². The number of para-hydroxylation sites is 1. The highest BCUT2D eigenvalue weighted by atomic mass is 16.6. The van der Waals surface area contributed by atoms with Crippen LogP contribution >= 0.6 is 0 Å². The number of nitro groups is 1. The average molecular weight is 319 g/mol. The van der Waals surface area contributed by atoms with Gasteiger partial charge >= 0.3 is 0 Å². The molecule has 0 fully saturated rings. The van der Waals surface area contributed by atoms with Crippen LogP contribution in [-0.4, -0.2) is 20.3 Å². The molecule has 0 saturated carbocycles. The van der Waals surface area contributed by atoms with Gasteiger partial charge < -0.3 is 4.57 Å². The van der Waals surface area contributed by atoms with Gasteiger partial charge in [0, 0.05) is 18.1 Å². The zero-order valence-corrected chi connectivity index (χ0v) is 12.6. The van der Waals surface area contributed by atoms with Gasteiger partial charge in [-0.3, -0.25) is 14.9 Å². The van der Waals surface area contributed by atoms with Crippen LogP contribution in [0, 0.1) is 10.1 Å². The number of ketones is 1. The van der Waals surface area contributed by atoms with Gasteiger partial charge in [-0.05, 0) is 11.6 Å². The summed E-state index contributed by atoms with van der Waals surface area (Å²) in [6.45, 7) is 0. The summed E-state index contributed by atoms with van der Waals surface area (Å²) in [4.78, 5) is 27.5. The largest absolute Gasteiger partial charge is 0.322 e. The van der Waals surface area contributed by atoms with E-state index in [9.17, 15) is 14.9 Å². The molecule has 1 atom stereocenters. The first-order valence-corrected chi connectivity index (χ1v) is 7.54. The number of carbonyl (C=O) groups excluding carboxylic acids is 1. The van der Waals surface area contributed by atoms with Crippen LogP contribution in [0.15, 0.2) is 61.1 Å². The summed E-state index contributed by atoms with van der Waals surface area (Å²) in [5.41, 5.74) is 3.05. The van der Waals surface area contributed by atoms with Crippen molar-refractivity contribution >= 4 is 11.5 Å². The quantitative estimate of drug-likeness (QED) is 0.418. The van der Waals surface area contributed by atoms with Crippen LogP contribution in [0.1, 0.15) is 28.4 Å². The van der Waals surface area contributed by atoms with Gasteiger partial charge in [-0.1, -0.05) is 36.4 Å². The van der Waals surface area contributed by atoms with E-state index < -0.39 is 4.92 Å². The van der Waals surface area contributed by atoms with E-state index in [1.165, 1.54) is 12.1 Å². The van der Waals surface area contributed by atoms with E-state index in [1.54, 1.807) is 24.7 Å². The monoisotopic (exact) mass is 319 g/mol. The number of nitro benzene ring substituents is 1. The minimum absolute atomic E-state index is 0.147. The molecule has 3 aromatic rings. The molecule has 0 spiro atoms. The predicted molar refractivity (Wildman–Crippen MR) is 87.8 cm³/mol. The summed E-state index contributed by atoms with van der Waals surface area (Å²) in [6, 6.07) is 13.8. The van der Waals surface area contributed by atoms with E-state index in [1.807, 2.05) is 28.8 Å². The zero-order chi connectivity index (χ0) is 16.7. The maximum atomic E-state index is 12.7. The lowest BCUT2D eigenvalue weighted by Crippen LogP contribution is -2.13. The van der Waals surface area contributed by atoms with E-state index in [4.69, 9.17) is 0 Å². The molecule has 24 heavy (non-hydrogen) atoms. The second kappa shape index (κ2) is 5.42. The minimum Gasteiger partial charge on any atom is -0.322 e. The van der Waals surface area contributed by atoms with E-state index in [0.717, 1.165) is 16.8 Å². The number of carbonyl (C=O) groups is 1. The number of benzene rings is 2. The van der Waals surface area contributed by atoms with Crippen molar-refractivity contribution in [2.45, 2.75) is 12.5 Å². The number of hydrogen-bond acceptors (Lipinski definition) is 4. The van der Waals surface area contributed by atoms with Crippen molar-refractivity contribution < 1.29 is 9.72 Å². The summed E-state index contributed by atoms with van der Waals surface area (Å²) in [6.07, 6.45) is 3.63. The van der Waals surface area contributed by atoms with E-state index in [0.29, 0.717) is 0 Å². The van der Waals surface area contributed by atoms with Gasteiger partial charge in [0.2, 0.25) is 0 Å². The Morgan fingerprint density at radius 3 is 2.75 bits per heavy atom. The lowest BCUT2D eigenvalue weighted by Gasteiger charge is -2.14. The first-order chi connectivity index (χ1) is 11.7. The van der Waals surface area contributed by atoms with Crippen LogP contribution in [-0.2, 0) is 0 Å². The van der Waals surface area contributed by atoms with Crippen LogP contribution in [0.4, 0.5) is 5.69 Å². The first kappa shape index (κ1) is 14.3. The van der Waals surface area contributed by atoms with Crippen molar-refractivity contribution in [1.82, 2.24) is 9.55 Å². The first-order valence-electron chi connectivity index (χ1n) is 7.54. The molecule has 0 N–H and O–H groups in total. The highest BCUT2D eigenvalue weighted by Gasteiger charge is 2.31. The third kappa shape index (κ3) is 2.11. The fourth-order valence-electron chi connectivity index (χ4n) is 3.29. The second-order valence-electron chi connectivity index (χ2n) is 5.69. The molecule has 1 aliphatic heterocycles. The summed E-state index contributed by atoms with van der Waals surface area (Å²) >= 11 is 0. The van der Waals surface area contributed by atoms with Crippen molar-refractivity contribution in [1.29, 1.82) is 0 Å². The number of hydrogen-bond donors (Lipinski definition) is 0. The SMILES string of the molecule is O=C(CC1c2ccccc2-c2cncn21)c1ccccc1[N+](=O)[O-]. The van der Waals surface area contributed by atoms with Crippen LogP contribution < -0.4 is 0 Å². The summed E-state index contributed by atoms with van der Waals surface area (Å²) in [7, 11) is 0. The fraction of sp³-hybridized carbons (Fsp3) is 0.111. The normalized spacial score (nSPS) is 14.9. The summed E-state index contributed by atoms with van der Waals surface area (Å²) in [5.74, 6) is -0.247. The van der Waals surface area contributed by atoms with Crippen molar-refractivity contribution in [3.8, 4) is 11.3 Å². The Kier molecular flexibility index (Phi) is 3.23. The average Bonchev–Trinajstić information content (AvgIpc) is 3.18. The van der Waals surface area contributed by atoms with E-state index >= 15 is 0 Å². The molecule has 2 heterocycles. The molecular weight excluding hydrogens is 306 g/mol. The van der Waals surface area contributed by atoms with Gasteiger partial charge in [0.05, 0.1) is 34.7 Å². The van der Waals surface area contributed by atoms with Gasteiger partial charge in [0.25, 0.3) is 5.69 Å². The summed E-state index contributed by atoms with van der Waals surface area (Å²) < 4.78 is 1.96. The molecule has 0 saturated heterocycles. The van der Waals surface area contributed by atoms with Gasteiger partial charge in [0.1, 0.15) is 0 Å². The number of fused-ring (bicyclic) bond motifs is 3. The second-order valence-corrected chi connectivity index (χ2v) is 5.69. The Balaban J connectivity index is 1.72. The molecule has 1 aliphatic rings. The van der Waals surface area contributed by atoms with E-state index in [2.05, 4.69) is 4.98 Å². The third-order valence-corrected chi connectivity index (χ3v) is 4.38. The molecule has 118 valence electrons. The predicted octanol–water partition coefficient (Wildman–Crippen LogP) is 3.63. The van der Waals surface area contributed by atoms with Crippen LogP contribution in [0.25, 0.3) is 11.3 Å². The highest BCUT2D eigenvalue weighted by molar-refractivity contribution is 6.00. The maximum absolute atomic E-state index is 12.7. The molecule has 1 aromatic heterocycles. The van der Waals surface area contributed by atoms with Gasteiger partial charge in [-0.2, -0.15) is 0 Å². The van der Waals surface area contributed by atoms with Crippen molar-refractivity contribution in [2.24, 2.45) is 0 Å². The number of Topliss-reactive ketones (excluding diaryl/α,β-unsaturated/α-hetero) is 1. The Hall–Kier alpha value is -3.28. The third-order valence-electron chi connectivity index (χ3n) is 4.38. The van der Waals surface area contributed by atoms with Crippen molar-refractivity contribution in [3.63, 3.8) is 0 Å². The molecule has 0 bridgehead atoms. The molecule has 6 nitrogen and oxygen atoms in total. The number of rotatable bonds is 4. The van der Waals surface area contributed by atoms with Crippen LogP contribution in [0.2, 0.25) is 0 Å². The maximum Gasteiger partial charge on any atom is 0.280 e. The number of imidazole rings is 1. The number of nitrogens with zero attached hydrogens (tertiary/aromatic N) is 3. The highest BCUT2D eigenvalue weighted by Crippen LogP contribution is 2.41. The smallest absolute Gasteiger partial charge is 0.280 e. The Bertz CT molecular complexity index is 961. The topological polar surface area (TPSA) is 78.0 Å². The molecular formula is C18H13N3O3. The van der Waals surface area contributed by atoms with Gasteiger partial charge in [-0.25, -0.2) is 4.98 Å². The Morgan fingerprint density at radius 1 is 1.17 bits per heavy atom. The standard InChI is InChI=1S/C18H13N3O3/c22-18(14-7-3-4-8-15(14)21(23)24)9-16-12-5-1-2-6-13(12)17-10-19-11-20(16)17/h1-8,10-11,16H,9H2. The molecule has 4 rings (SSSR count). The molecule has 0 radical (unpaired) electrons. The molecule has 1 unspecified atom stereocenters. The Morgan fingerprint density at radius 2 is 1.92 bits per heavy atom. The van der Waals surface area contributed by atoms with Crippen molar-refractivity contribution in [3.05, 3.63) is 82.3 Å². The lowest BCUT2D eigenvalue weighted by molar-refractivity contribution is -0.385.